The van der Waals surface area contributed by atoms with Crippen molar-refractivity contribution < 1.29 is 22.7 Å². The first-order chi connectivity index (χ1) is 13.3. The molecule has 1 aromatic rings. The number of carbonyl (C=O) groups excluding carboxylic acids is 2. The predicted molar refractivity (Wildman–Crippen MR) is 108 cm³/mol. The lowest BCUT2D eigenvalue weighted by atomic mass is 10.2. The van der Waals surface area contributed by atoms with Gasteiger partial charge in [0.15, 0.2) is 6.61 Å². The molecular weight excluding hydrogens is 382 g/mol. The molecule has 0 aliphatic carbocycles. The van der Waals surface area contributed by atoms with Gasteiger partial charge in [-0.15, -0.1) is 0 Å². The van der Waals surface area contributed by atoms with Crippen LogP contribution in [0.1, 0.15) is 39.0 Å². The van der Waals surface area contributed by atoms with E-state index in [-0.39, 0.29) is 11.3 Å². The van der Waals surface area contributed by atoms with Crippen LogP contribution in [0.5, 0.6) is 0 Å². The second kappa shape index (κ2) is 9.88. The number of nitrogens with one attached hydrogen (secondary N) is 1. The summed E-state index contributed by atoms with van der Waals surface area (Å²) in [5, 5.41) is 2.66. The standard InChI is InChI=1S/C19H29N3O5S/c1-4-8-19(24)27-14-18(23)20-16-13-15(9-10-17(16)21(2)3)28(25,26)22-11-6-5-7-12-22/h9-10,13H,4-8,11-12,14H2,1-3H3,(H,20,23). The molecule has 1 aliphatic heterocycles. The summed E-state index contributed by atoms with van der Waals surface area (Å²) in [6, 6.07) is 4.68. The zero-order chi connectivity index (χ0) is 20.7. The molecule has 0 bridgehead atoms. The summed E-state index contributed by atoms with van der Waals surface area (Å²) in [5.41, 5.74) is 1.02. The van der Waals surface area contributed by atoms with Crippen molar-refractivity contribution in [2.24, 2.45) is 0 Å². The van der Waals surface area contributed by atoms with Gasteiger partial charge in [0.05, 0.1) is 16.3 Å². The van der Waals surface area contributed by atoms with Crippen molar-refractivity contribution in [2.45, 2.75) is 43.9 Å². The molecular formula is C19H29N3O5S. The summed E-state index contributed by atoms with van der Waals surface area (Å²) in [6.07, 6.45) is 3.62. The average Bonchev–Trinajstić information content (AvgIpc) is 2.67. The van der Waals surface area contributed by atoms with Crippen molar-refractivity contribution in [2.75, 3.05) is 44.0 Å². The normalized spacial score (nSPS) is 15.1. The van der Waals surface area contributed by atoms with Crippen LogP contribution in [0.25, 0.3) is 0 Å². The van der Waals surface area contributed by atoms with Gasteiger partial charge >= 0.3 is 5.97 Å². The minimum absolute atomic E-state index is 0.137. The lowest BCUT2D eigenvalue weighted by Gasteiger charge is -2.26. The molecule has 0 atom stereocenters. The molecule has 8 nitrogen and oxygen atoms in total. The third-order valence-electron chi connectivity index (χ3n) is 4.50. The summed E-state index contributed by atoms with van der Waals surface area (Å²) in [6.45, 7) is 2.45. The van der Waals surface area contributed by atoms with Crippen LogP contribution in [0.3, 0.4) is 0 Å². The van der Waals surface area contributed by atoms with Crippen LogP contribution in [0.4, 0.5) is 11.4 Å². The third-order valence-corrected chi connectivity index (χ3v) is 6.39. The highest BCUT2D eigenvalue weighted by Crippen LogP contribution is 2.30. The first-order valence-electron chi connectivity index (χ1n) is 9.52. The molecule has 1 amide bonds. The van der Waals surface area contributed by atoms with Gasteiger partial charge in [-0.05, 0) is 37.5 Å². The Kier molecular flexibility index (Phi) is 7.82. The number of anilines is 2. The molecule has 1 aliphatic rings. The summed E-state index contributed by atoms with van der Waals surface area (Å²) in [5.74, 6) is -0.952. The Bertz CT molecular complexity index is 802. The van der Waals surface area contributed by atoms with Gasteiger partial charge in [-0.1, -0.05) is 13.3 Å². The smallest absolute Gasteiger partial charge is 0.306 e. The highest BCUT2D eigenvalue weighted by molar-refractivity contribution is 7.89. The Morgan fingerprint density at radius 3 is 2.46 bits per heavy atom. The molecule has 0 saturated carbocycles. The maximum Gasteiger partial charge on any atom is 0.306 e. The highest BCUT2D eigenvalue weighted by atomic mass is 32.2. The molecule has 2 rings (SSSR count). The largest absolute Gasteiger partial charge is 0.456 e. The van der Waals surface area contributed by atoms with E-state index in [0.717, 1.165) is 19.3 Å². The van der Waals surface area contributed by atoms with Crippen molar-refractivity contribution in [3.63, 3.8) is 0 Å². The van der Waals surface area contributed by atoms with E-state index in [9.17, 15) is 18.0 Å². The third kappa shape index (κ3) is 5.68. The number of esters is 1. The maximum absolute atomic E-state index is 12.9. The lowest BCUT2D eigenvalue weighted by molar-refractivity contribution is -0.147. The van der Waals surface area contributed by atoms with Crippen molar-refractivity contribution >= 4 is 33.3 Å². The van der Waals surface area contributed by atoms with Crippen molar-refractivity contribution in [1.29, 1.82) is 0 Å². The second-order valence-electron chi connectivity index (χ2n) is 7.00. The van der Waals surface area contributed by atoms with Crippen molar-refractivity contribution in [3.8, 4) is 0 Å². The zero-order valence-corrected chi connectivity index (χ0v) is 17.5. The SMILES string of the molecule is CCCC(=O)OCC(=O)Nc1cc(S(=O)(=O)N2CCCCC2)ccc1N(C)C. The van der Waals surface area contributed by atoms with Crippen LogP contribution in [0.15, 0.2) is 23.1 Å². The number of piperidine rings is 1. The van der Waals surface area contributed by atoms with Crippen LogP contribution in [0, 0.1) is 0 Å². The van der Waals surface area contributed by atoms with Gasteiger partial charge in [0, 0.05) is 33.6 Å². The van der Waals surface area contributed by atoms with Crippen molar-refractivity contribution in [1.82, 2.24) is 4.31 Å². The van der Waals surface area contributed by atoms with E-state index in [1.165, 1.54) is 10.4 Å². The molecule has 0 unspecified atom stereocenters. The van der Waals surface area contributed by atoms with Crippen molar-refractivity contribution in [3.05, 3.63) is 18.2 Å². The highest BCUT2D eigenvalue weighted by Gasteiger charge is 2.27. The lowest BCUT2D eigenvalue weighted by Crippen LogP contribution is -2.35. The summed E-state index contributed by atoms with van der Waals surface area (Å²) < 4.78 is 32.3. The fraction of sp³-hybridized carbons (Fsp3) is 0.579. The topological polar surface area (TPSA) is 96.0 Å². The quantitative estimate of drug-likeness (QED) is 0.659. The van der Waals surface area contributed by atoms with Gasteiger partial charge in [-0.3, -0.25) is 9.59 Å². The second-order valence-corrected chi connectivity index (χ2v) is 8.93. The van der Waals surface area contributed by atoms with Gasteiger partial charge < -0.3 is 15.0 Å². The van der Waals surface area contributed by atoms with Crippen LogP contribution in [-0.2, 0) is 24.3 Å². The minimum atomic E-state index is -3.62. The number of benzene rings is 1. The van der Waals surface area contributed by atoms with Crippen LogP contribution >= 0.6 is 0 Å². The summed E-state index contributed by atoms with van der Waals surface area (Å²) >= 11 is 0. The number of hydrogen-bond donors (Lipinski definition) is 1. The summed E-state index contributed by atoms with van der Waals surface area (Å²) in [7, 11) is -0.0243. The predicted octanol–water partition coefficient (Wildman–Crippen LogP) is 2.21. The van der Waals surface area contributed by atoms with Gasteiger partial charge in [0.2, 0.25) is 10.0 Å². The number of ether oxygens (including phenoxy) is 1. The number of amides is 1. The van der Waals surface area contributed by atoms with Crippen LogP contribution < -0.4 is 10.2 Å². The van der Waals surface area contributed by atoms with Gasteiger partial charge in [-0.25, -0.2) is 8.42 Å². The number of nitrogens with zero attached hydrogens (tertiary/aromatic N) is 2. The van der Waals surface area contributed by atoms with E-state index in [2.05, 4.69) is 5.32 Å². The average molecular weight is 412 g/mol. The number of hydrogen-bond acceptors (Lipinski definition) is 6. The Hall–Kier alpha value is -2.13. The number of carbonyl (C=O) groups is 2. The van der Waals surface area contributed by atoms with Gasteiger partial charge in [-0.2, -0.15) is 4.31 Å². The molecule has 28 heavy (non-hydrogen) atoms. The Morgan fingerprint density at radius 1 is 1.18 bits per heavy atom. The molecule has 0 spiro atoms. The number of sulfonamides is 1. The molecule has 1 saturated heterocycles. The van der Waals surface area contributed by atoms with E-state index in [4.69, 9.17) is 4.74 Å². The minimum Gasteiger partial charge on any atom is -0.456 e. The molecule has 9 heteroatoms. The van der Waals surface area contributed by atoms with E-state index >= 15 is 0 Å². The Labute approximate surface area is 166 Å². The number of rotatable bonds is 8. The first-order valence-corrected chi connectivity index (χ1v) is 11.0. The molecule has 1 fully saturated rings. The molecule has 0 aromatic heterocycles. The zero-order valence-electron chi connectivity index (χ0n) is 16.7. The Balaban J connectivity index is 2.21. The van der Waals surface area contributed by atoms with E-state index in [0.29, 0.717) is 30.9 Å². The summed E-state index contributed by atoms with van der Waals surface area (Å²) in [4.78, 5) is 25.5. The first kappa shape index (κ1) is 22.2. The van der Waals surface area contributed by atoms with E-state index in [1.54, 1.807) is 31.1 Å². The van der Waals surface area contributed by atoms with E-state index in [1.807, 2.05) is 6.92 Å². The molecule has 1 heterocycles. The van der Waals surface area contributed by atoms with Crippen LogP contribution in [0.2, 0.25) is 0 Å². The Morgan fingerprint density at radius 2 is 1.86 bits per heavy atom. The fourth-order valence-electron chi connectivity index (χ4n) is 3.03. The van der Waals surface area contributed by atoms with Gasteiger partial charge in [0.25, 0.3) is 5.91 Å². The molecule has 1 N–H and O–H groups in total. The maximum atomic E-state index is 12.9. The van der Waals surface area contributed by atoms with Gasteiger partial charge in [0.1, 0.15) is 0 Å². The molecule has 156 valence electrons. The van der Waals surface area contributed by atoms with E-state index < -0.39 is 28.5 Å². The molecule has 0 radical (unpaired) electrons. The monoisotopic (exact) mass is 411 g/mol. The fourth-order valence-corrected chi connectivity index (χ4v) is 4.57. The molecule has 1 aromatic carbocycles. The van der Waals surface area contributed by atoms with Crippen LogP contribution in [-0.4, -0.2) is 58.4 Å².